The topological polar surface area (TPSA) is 41.0 Å². The van der Waals surface area contributed by atoms with Crippen molar-refractivity contribution in [3.8, 4) is 0 Å². The number of aromatic nitrogens is 2. The number of anilines is 1. The van der Waals surface area contributed by atoms with Crippen molar-refractivity contribution in [3.63, 3.8) is 0 Å². The first-order chi connectivity index (χ1) is 9.90. The zero-order valence-corrected chi connectivity index (χ0v) is 11.6. The monoisotopic (exact) mass is 268 g/mol. The summed E-state index contributed by atoms with van der Waals surface area (Å²) in [5.41, 5.74) is 3.47. The standard InChI is InChI=1S/C16H20N4/c1-2-9-20(8-1)13-14-4-3-5-15(10-14)19-12-16-11-17-6-7-18-16/h3-7,10-11,19H,1-2,8-9,12-13H2. The first-order valence-electron chi connectivity index (χ1n) is 7.20. The summed E-state index contributed by atoms with van der Waals surface area (Å²) in [6, 6.07) is 8.65. The number of benzene rings is 1. The highest BCUT2D eigenvalue weighted by Crippen LogP contribution is 2.16. The number of rotatable bonds is 5. The Morgan fingerprint density at radius 2 is 2.05 bits per heavy atom. The predicted octanol–water partition coefficient (Wildman–Crippen LogP) is 2.68. The zero-order valence-electron chi connectivity index (χ0n) is 11.6. The summed E-state index contributed by atoms with van der Waals surface area (Å²) in [4.78, 5) is 10.9. The molecule has 0 radical (unpaired) electrons. The molecule has 4 nitrogen and oxygen atoms in total. The van der Waals surface area contributed by atoms with Crippen molar-refractivity contribution in [1.29, 1.82) is 0 Å². The molecule has 20 heavy (non-hydrogen) atoms. The number of nitrogens with zero attached hydrogens (tertiary/aromatic N) is 3. The SMILES string of the molecule is c1cc(CN2CCCC2)cc(NCc2cnccn2)c1. The second-order valence-corrected chi connectivity index (χ2v) is 5.23. The molecule has 1 saturated heterocycles. The lowest BCUT2D eigenvalue weighted by atomic mass is 10.2. The summed E-state index contributed by atoms with van der Waals surface area (Å²) in [6.45, 7) is 4.23. The molecular formula is C16H20N4. The number of nitrogens with one attached hydrogen (secondary N) is 1. The molecule has 0 saturated carbocycles. The Balaban J connectivity index is 1.59. The second kappa shape index (κ2) is 6.48. The van der Waals surface area contributed by atoms with E-state index in [1.54, 1.807) is 18.6 Å². The lowest BCUT2D eigenvalue weighted by Gasteiger charge is -2.15. The quantitative estimate of drug-likeness (QED) is 0.905. The van der Waals surface area contributed by atoms with Crippen LogP contribution in [0.15, 0.2) is 42.9 Å². The van der Waals surface area contributed by atoms with Crippen LogP contribution in [0.5, 0.6) is 0 Å². The third-order valence-corrected chi connectivity index (χ3v) is 3.62. The molecule has 1 N–H and O–H groups in total. The van der Waals surface area contributed by atoms with Gasteiger partial charge in [0.25, 0.3) is 0 Å². The smallest absolute Gasteiger partial charge is 0.0777 e. The Morgan fingerprint density at radius 1 is 1.15 bits per heavy atom. The van der Waals surface area contributed by atoms with Crippen molar-refractivity contribution in [2.45, 2.75) is 25.9 Å². The molecule has 0 aliphatic carbocycles. The number of likely N-dealkylation sites (tertiary alicyclic amines) is 1. The maximum Gasteiger partial charge on any atom is 0.0777 e. The van der Waals surface area contributed by atoms with Gasteiger partial charge in [-0.05, 0) is 43.6 Å². The molecule has 0 spiro atoms. The summed E-state index contributed by atoms with van der Waals surface area (Å²) in [7, 11) is 0. The fourth-order valence-corrected chi connectivity index (χ4v) is 2.59. The molecular weight excluding hydrogens is 248 g/mol. The van der Waals surface area contributed by atoms with Crippen LogP contribution in [0.3, 0.4) is 0 Å². The first kappa shape index (κ1) is 13.1. The van der Waals surface area contributed by atoms with Gasteiger partial charge in [-0.3, -0.25) is 14.9 Å². The average molecular weight is 268 g/mol. The van der Waals surface area contributed by atoms with Crippen molar-refractivity contribution in [1.82, 2.24) is 14.9 Å². The summed E-state index contributed by atoms with van der Waals surface area (Å²) >= 11 is 0. The van der Waals surface area contributed by atoms with Gasteiger partial charge in [0.1, 0.15) is 0 Å². The van der Waals surface area contributed by atoms with E-state index in [9.17, 15) is 0 Å². The van der Waals surface area contributed by atoms with Gasteiger partial charge < -0.3 is 5.32 Å². The van der Waals surface area contributed by atoms with Crippen LogP contribution in [0.1, 0.15) is 24.1 Å². The van der Waals surface area contributed by atoms with Crippen LogP contribution in [0.4, 0.5) is 5.69 Å². The van der Waals surface area contributed by atoms with Gasteiger partial charge in [-0.25, -0.2) is 0 Å². The van der Waals surface area contributed by atoms with Gasteiger partial charge in [0, 0.05) is 24.6 Å². The van der Waals surface area contributed by atoms with Gasteiger partial charge in [0.2, 0.25) is 0 Å². The Bertz CT molecular complexity index is 535. The van der Waals surface area contributed by atoms with Crippen molar-refractivity contribution in [2.75, 3.05) is 18.4 Å². The predicted molar refractivity (Wildman–Crippen MR) is 80.3 cm³/mol. The Morgan fingerprint density at radius 3 is 2.85 bits per heavy atom. The van der Waals surface area contributed by atoms with Crippen LogP contribution in [0, 0.1) is 0 Å². The molecule has 104 valence electrons. The number of hydrogen-bond acceptors (Lipinski definition) is 4. The maximum atomic E-state index is 4.27. The van der Waals surface area contributed by atoms with E-state index in [2.05, 4.69) is 44.5 Å². The molecule has 3 rings (SSSR count). The van der Waals surface area contributed by atoms with E-state index < -0.39 is 0 Å². The van der Waals surface area contributed by atoms with E-state index in [1.807, 2.05) is 0 Å². The van der Waals surface area contributed by atoms with Crippen molar-refractivity contribution in [3.05, 3.63) is 54.1 Å². The van der Waals surface area contributed by atoms with Crippen LogP contribution in [-0.4, -0.2) is 28.0 Å². The fraction of sp³-hybridized carbons (Fsp3) is 0.375. The Labute approximate surface area is 119 Å². The highest BCUT2D eigenvalue weighted by atomic mass is 15.1. The van der Waals surface area contributed by atoms with Crippen LogP contribution in [-0.2, 0) is 13.1 Å². The summed E-state index contributed by atoms with van der Waals surface area (Å²) in [6.07, 6.45) is 7.89. The summed E-state index contributed by atoms with van der Waals surface area (Å²) < 4.78 is 0. The summed E-state index contributed by atoms with van der Waals surface area (Å²) in [5.74, 6) is 0. The first-order valence-corrected chi connectivity index (χ1v) is 7.20. The van der Waals surface area contributed by atoms with Gasteiger partial charge in [-0.15, -0.1) is 0 Å². The fourth-order valence-electron chi connectivity index (χ4n) is 2.59. The van der Waals surface area contributed by atoms with Crippen molar-refractivity contribution < 1.29 is 0 Å². The molecule has 1 aliphatic heterocycles. The van der Waals surface area contributed by atoms with Crippen LogP contribution in [0.25, 0.3) is 0 Å². The molecule has 0 atom stereocenters. The Kier molecular flexibility index (Phi) is 4.23. The van der Waals surface area contributed by atoms with E-state index in [0.29, 0.717) is 6.54 Å². The molecule has 0 amide bonds. The van der Waals surface area contributed by atoms with E-state index >= 15 is 0 Å². The second-order valence-electron chi connectivity index (χ2n) is 5.23. The third kappa shape index (κ3) is 3.54. The third-order valence-electron chi connectivity index (χ3n) is 3.62. The maximum absolute atomic E-state index is 4.27. The molecule has 0 unspecified atom stereocenters. The highest BCUT2D eigenvalue weighted by Gasteiger charge is 2.11. The Hall–Kier alpha value is -1.94. The summed E-state index contributed by atoms with van der Waals surface area (Å²) in [5, 5.41) is 3.41. The molecule has 0 bridgehead atoms. The molecule has 1 aromatic carbocycles. The lowest BCUT2D eigenvalue weighted by Crippen LogP contribution is -2.18. The molecule has 1 aromatic heterocycles. The van der Waals surface area contributed by atoms with E-state index in [4.69, 9.17) is 0 Å². The molecule has 1 fully saturated rings. The van der Waals surface area contributed by atoms with Gasteiger partial charge >= 0.3 is 0 Å². The number of hydrogen-bond donors (Lipinski definition) is 1. The molecule has 2 heterocycles. The van der Waals surface area contributed by atoms with Crippen LogP contribution >= 0.6 is 0 Å². The van der Waals surface area contributed by atoms with E-state index in [-0.39, 0.29) is 0 Å². The largest absolute Gasteiger partial charge is 0.379 e. The highest BCUT2D eigenvalue weighted by molar-refractivity contribution is 5.45. The minimum absolute atomic E-state index is 0.709. The van der Waals surface area contributed by atoms with Gasteiger partial charge in [0.05, 0.1) is 18.4 Å². The minimum atomic E-state index is 0.709. The van der Waals surface area contributed by atoms with Gasteiger partial charge in [0.15, 0.2) is 0 Å². The van der Waals surface area contributed by atoms with Gasteiger partial charge in [-0.2, -0.15) is 0 Å². The molecule has 2 aromatic rings. The van der Waals surface area contributed by atoms with Gasteiger partial charge in [-0.1, -0.05) is 12.1 Å². The molecule has 1 aliphatic rings. The van der Waals surface area contributed by atoms with E-state index in [0.717, 1.165) is 17.9 Å². The van der Waals surface area contributed by atoms with E-state index in [1.165, 1.54) is 31.5 Å². The molecule has 4 heteroatoms. The average Bonchev–Trinajstić information content (AvgIpc) is 3.00. The zero-order chi connectivity index (χ0) is 13.6. The van der Waals surface area contributed by atoms with Crippen molar-refractivity contribution >= 4 is 5.69 Å². The normalized spacial score (nSPS) is 15.4. The minimum Gasteiger partial charge on any atom is -0.379 e. The van der Waals surface area contributed by atoms with Crippen LogP contribution in [0.2, 0.25) is 0 Å². The van der Waals surface area contributed by atoms with Crippen LogP contribution < -0.4 is 5.32 Å². The lowest BCUT2D eigenvalue weighted by molar-refractivity contribution is 0.331. The van der Waals surface area contributed by atoms with Crippen molar-refractivity contribution in [2.24, 2.45) is 0 Å².